The molecule has 1 fully saturated rings. The molecule has 2 rings (SSSR count). The Morgan fingerprint density at radius 2 is 1.90 bits per heavy atom. The molecule has 0 saturated carbocycles. The van der Waals surface area contributed by atoms with Crippen molar-refractivity contribution in [3.63, 3.8) is 0 Å². The second-order valence-corrected chi connectivity index (χ2v) is 7.91. The quantitative estimate of drug-likeness (QED) is 0.921. The molecule has 0 amide bonds. The van der Waals surface area contributed by atoms with Crippen molar-refractivity contribution in [1.82, 2.24) is 4.90 Å². The lowest BCUT2D eigenvalue weighted by atomic mass is 9.96. The zero-order valence-electron chi connectivity index (χ0n) is 12.5. The molecule has 21 heavy (non-hydrogen) atoms. The molecular formula is C15H21NO4S. The normalized spacial score (nSPS) is 24.9. The molecule has 0 bridgehead atoms. The zero-order valence-corrected chi connectivity index (χ0v) is 13.4. The van der Waals surface area contributed by atoms with Crippen LogP contribution < -0.4 is 0 Å². The van der Waals surface area contributed by atoms with Crippen LogP contribution in [0, 0.1) is 0 Å². The smallest absolute Gasteiger partial charge is 0.323 e. The van der Waals surface area contributed by atoms with E-state index >= 15 is 0 Å². The predicted octanol–water partition coefficient (Wildman–Crippen LogP) is 2.09. The van der Waals surface area contributed by atoms with Crippen molar-refractivity contribution in [2.75, 3.05) is 12.8 Å². The molecule has 1 saturated heterocycles. The lowest BCUT2D eigenvalue weighted by molar-refractivity contribution is -0.149. The molecule has 0 spiro atoms. The summed E-state index contributed by atoms with van der Waals surface area (Å²) in [4.78, 5) is 13.8. The van der Waals surface area contributed by atoms with E-state index in [-0.39, 0.29) is 10.9 Å². The number of hydrogen-bond acceptors (Lipinski definition) is 4. The number of benzene rings is 1. The molecule has 6 heteroatoms. The summed E-state index contributed by atoms with van der Waals surface area (Å²) in [6.07, 6.45) is 2.66. The van der Waals surface area contributed by atoms with Crippen LogP contribution in [0.25, 0.3) is 0 Å². The first-order chi connectivity index (χ1) is 9.66. The SMILES string of the molecule is CC(c1ccc(S(C)(=O)=O)cc1)N1CCCC1(C)C(=O)O. The van der Waals surface area contributed by atoms with E-state index < -0.39 is 21.3 Å². The second kappa shape index (κ2) is 5.42. The highest BCUT2D eigenvalue weighted by atomic mass is 32.2. The number of rotatable bonds is 4. The van der Waals surface area contributed by atoms with Crippen molar-refractivity contribution in [2.24, 2.45) is 0 Å². The maximum atomic E-state index is 11.5. The van der Waals surface area contributed by atoms with Crippen molar-refractivity contribution in [3.8, 4) is 0 Å². The van der Waals surface area contributed by atoms with E-state index in [9.17, 15) is 18.3 Å². The third-order valence-electron chi connectivity index (χ3n) is 4.42. The van der Waals surface area contributed by atoms with Gasteiger partial charge in [-0.05, 0) is 50.9 Å². The zero-order chi connectivity index (χ0) is 15.8. The number of carbonyl (C=O) groups is 1. The van der Waals surface area contributed by atoms with E-state index in [1.807, 2.05) is 11.8 Å². The average molecular weight is 311 g/mol. The first kappa shape index (κ1) is 16.0. The minimum absolute atomic E-state index is 0.0674. The number of nitrogens with zero attached hydrogens (tertiary/aromatic N) is 1. The van der Waals surface area contributed by atoms with Gasteiger partial charge in [0.25, 0.3) is 0 Å². The van der Waals surface area contributed by atoms with Crippen LogP contribution in [0.4, 0.5) is 0 Å². The number of likely N-dealkylation sites (tertiary alicyclic amines) is 1. The van der Waals surface area contributed by atoms with E-state index in [0.29, 0.717) is 6.42 Å². The van der Waals surface area contributed by atoms with Crippen molar-refractivity contribution in [1.29, 1.82) is 0 Å². The van der Waals surface area contributed by atoms with Crippen molar-refractivity contribution in [3.05, 3.63) is 29.8 Å². The van der Waals surface area contributed by atoms with E-state index in [2.05, 4.69) is 0 Å². The number of carboxylic acids is 1. The molecule has 0 aliphatic carbocycles. The van der Waals surface area contributed by atoms with Crippen LogP contribution in [0.5, 0.6) is 0 Å². The largest absolute Gasteiger partial charge is 0.480 e. The Morgan fingerprint density at radius 3 is 2.38 bits per heavy atom. The van der Waals surface area contributed by atoms with Gasteiger partial charge in [-0.25, -0.2) is 8.42 Å². The van der Waals surface area contributed by atoms with Crippen LogP contribution in [0.15, 0.2) is 29.2 Å². The van der Waals surface area contributed by atoms with Crippen LogP contribution in [-0.2, 0) is 14.6 Å². The number of sulfone groups is 1. The van der Waals surface area contributed by atoms with Gasteiger partial charge >= 0.3 is 5.97 Å². The van der Waals surface area contributed by atoms with Crippen LogP contribution in [0.2, 0.25) is 0 Å². The first-order valence-electron chi connectivity index (χ1n) is 6.96. The summed E-state index contributed by atoms with van der Waals surface area (Å²) >= 11 is 0. The Hall–Kier alpha value is -1.40. The second-order valence-electron chi connectivity index (χ2n) is 5.89. The molecule has 1 aromatic carbocycles. The third kappa shape index (κ3) is 2.96. The van der Waals surface area contributed by atoms with Gasteiger partial charge in [0, 0.05) is 12.3 Å². The molecule has 1 N–H and O–H groups in total. The summed E-state index contributed by atoms with van der Waals surface area (Å²) in [6, 6.07) is 6.62. The summed E-state index contributed by atoms with van der Waals surface area (Å²) in [5, 5.41) is 9.47. The number of aliphatic carboxylic acids is 1. The van der Waals surface area contributed by atoms with Crippen molar-refractivity contribution >= 4 is 15.8 Å². The molecule has 0 radical (unpaired) electrons. The van der Waals surface area contributed by atoms with Gasteiger partial charge in [-0.15, -0.1) is 0 Å². The molecule has 116 valence electrons. The topological polar surface area (TPSA) is 74.7 Å². The summed E-state index contributed by atoms with van der Waals surface area (Å²) in [5.74, 6) is -0.806. The maximum absolute atomic E-state index is 11.5. The van der Waals surface area contributed by atoms with Crippen LogP contribution >= 0.6 is 0 Å². The first-order valence-corrected chi connectivity index (χ1v) is 8.85. The van der Waals surface area contributed by atoms with Gasteiger partial charge in [-0.2, -0.15) is 0 Å². The summed E-state index contributed by atoms with van der Waals surface area (Å²) in [6.45, 7) is 4.45. The molecule has 0 aromatic heterocycles. The molecule has 5 nitrogen and oxygen atoms in total. The van der Waals surface area contributed by atoms with Gasteiger partial charge in [0.1, 0.15) is 5.54 Å². The van der Waals surface area contributed by atoms with Gasteiger partial charge in [0.05, 0.1) is 4.90 Å². The Balaban J connectivity index is 2.28. The van der Waals surface area contributed by atoms with Gasteiger partial charge < -0.3 is 5.11 Å². The number of carboxylic acid groups (broad SMARTS) is 1. The van der Waals surface area contributed by atoms with Crippen LogP contribution in [-0.4, -0.2) is 42.7 Å². The fourth-order valence-electron chi connectivity index (χ4n) is 3.01. The van der Waals surface area contributed by atoms with Crippen LogP contribution in [0.1, 0.15) is 38.3 Å². The minimum atomic E-state index is -3.21. The van der Waals surface area contributed by atoms with Crippen molar-refractivity contribution < 1.29 is 18.3 Å². The highest BCUT2D eigenvalue weighted by Crippen LogP contribution is 2.37. The highest BCUT2D eigenvalue weighted by Gasteiger charge is 2.45. The maximum Gasteiger partial charge on any atom is 0.323 e. The monoisotopic (exact) mass is 311 g/mol. The molecule has 1 aliphatic rings. The molecule has 1 heterocycles. The molecule has 1 aromatic rings. The average Bonchev–Trinajstić information content (AvgIpc) is 2.80. The number of hydrogen-bond donors (Lipinski definition) is 1. The Morgan fingerprint density at radius 1 is 1.33 bits per heavy atom. The fourth-order valence-corrected chi connectivity index (χ4v) is 3.64. The lowest BCUT2D eigenvalue weighted by Crippen LogP contribution is -2.48. The van der Waals surface area contributed by atoms with Gasteiger partial charge in [-0.3, -0.25) is 9.69 Å². The Bertz CT molecular complexity index is 638. The molecule has 2 unspecified atom stereocenters. The lowest BCUT2D eigenvalue weighted by Gasteiger charge is -2.36. The van der Waals surface area contributed by atoms with Gasteiger partial charge in [0.15, 0.2) is 9.84 Å². The third-order valence-corrected chi connectivity index (χ3v) is 5.54. The van der Waals surface area contributed by atoms with Crippen LogP contribution in [0.3, 0.4) is 0 Å². The van der Waals surface area contributed by atoms with Crippen molar-refractivity contribution in [2.45, 2.75) is 43.2 Å². The van der Waals surface area contributed by atoms with Gasteiger partial charge in [-0.1, -0.05) is 12.1 Å². The molecule has 1 aliphatic heterocycles. The summed E-state index contributed by atoms with van der Waals surface area (Å²) in [5.41, 5.74) is 0.0753. The van der Waals surface area contributed by atoms with E-state index in [4.69, 9.17) is 0 Å². The van der Waals surface area contributed by atoms with E-state index in [0.717, 1.165) is 18.5 Å². The van der Waals surface area contributed by atoms with E-state index in [1.165, 1.54) is 6.26 Å². The Kier molecular flexibility index (Phi) is 4.13. The standard InChI is InChI=1S/C15H21NO4S/c1-11(16-10-4-9-15(16,2)14(17)18)12-5-7-13(8-6-12)21(3,19)20/h5-8,11H,4,9-10H2,1-3H3,(H,17,18). The fraction of sp³-hybridized carbons (Fsp3) is 0.533. The summed E-state index contributed by atoms with van der Waals surface area (Å²) < 4.78 is 22.9. The molecular weight excluding hydrogens is 290 g/mol. The molecule has 2 atom stereocenters. The van der Waals surface area contributed by atoms with Gasteiger partial charge in [0.2, 0.25) is 0 Å². The Labute approximate surface area is 125 Å². The van der Waals surface area contributed by atoms with E-state index in [1.54, 1.807) is 31.2 Å². The highest BCUT2D eigenvalue weighted by molar-refractivity contribution is 7.90. The minimum Gasteiger partial charge on any atom is -0.480 e. The predicted molar refractivity (Wildman–Crippen MR) is 79.9 cm³/mol. The summed E-state index contributed by atoms with van der Waals surface area (Å²) in [7, 11) is -3.21.